The molecule has 1 aromatic heterocycles. The number of benzene rings is 2. The van der Waals surface area contributed by atoms with Gasteiger partial charge in [-0.1, -0.05) is 0 Å². The molecule has 0 radical (unpaired) electrons. The number of aromatic hydroxyl groups is 2. The summed E-state index contributed by atoms with van der Waals surface area (Å²) in [6.45, 7) is 3.84. The third-order valence-electron chi connectivity index (χ3n) is 5.95. The van der Waals surface area contributed by atoms with Gasteiger partial charge in [-0.25, -0.2) is 0 Å². The molecular weight excluding hydrogens is 376 g/mol. The van der Waals surface area contributed by atoms with E-state index in [1.165, 1.54) is 26.4 Å². The zero-order chi connectivity index (χ0) is 20.7. The molecule has 0 bridgehead atoms. The zero-order valence-electron chi connectivity index (χ0n) is 16.5. The Hall–Kier alpha value is -3.35. The van der Waals surface area contributed by atoms with E-state index in [-0.39, 0.29) is 33.8 Å². The maximum atomic E-state index is 13.4. The van der Waals surface area contributed by atoms with E-state index < -0.39 is 5.60 Å². The summed E-state index contributed by atoms with van der Waals surface area (Å²) in [7, 11) is 2.97. The summed E-state index contributed by atoms with van der Waals surface area (Å²) < 4.78 is 22.9. The molecule has 0 saturated heterocycles. The van der Waals surface area contributed by atoms with Crippen LogP contribution in [0.5, 0.6) is 28.7 Å². The van der Waals surface area contributed by atoms with Gasteiger partial charge in [0.1, 0.15) is 39.6 Å². The maximum absolute atomic E-state index is 13.4. The van der Waals surface area contributed by atoms with E-state index in [1.807, 2.05) is 13.8 Å². The van der Waals surface area contributed by atoms with Crippen LogP contribution in [0.25, 0.3) is 22.3 Å². The van der Waals surface area contributed by atoms with Crippen LogP contribution in [0.2, 0.25) is 0 Å². The molecule has 2 aliphatic rings. The van der Waals surface area contributed by atoms with Gasteiger partial charge in [0.25, 0.3) is 0 Å². The van der Waals surface area contributed by atoms with E-state index in [9.17, 15) is 15.0 Å². The molecule has 1 aliphatic heterocycles. The van der Waals surface area contributed by atoms with Crippen molar-refractivity contribution in [3.05, 3.63) is 39.5 Å². The predicted octanol–water partition coefficient (Wildman–Crippen LogP) is 3.70. The van der Waals surface area contributed by atoms with Gasteiger partial charge in [0.15, 0.2) is 16.9 Å². The minimum atomic E-state index is -0.637. The van der Waals surface area contributed by atoms with Crippen LogP contribution < -0.4 is 19.6 Å². The van der Waals surface area contributed by atoms with Gasteiger partial charge in [-0.15, -0.1) is 0 Å². The van der Waals surface area contributed by atoms with Crippen LogP contribution in [0.1, 0.15) is 30.9 Å². The van der Waals surface area contributed by atoms with Gasteiger partial charge in [-0.2, -0.15) is 0 Å². The van der Waals surface area contributed by atoms with Crippen molar-refractivity contribution in [2.45, 2.75) is 31.8 Å². The number of hydrogen-bond acceptors (Lipinski definition) is 7. The predicted molar refractivity (Wildman–Crippen MR) is 106 cm³/mol. The Morgan fingerprint density at radius 3 is 2.55 bits per heavy atom. The topological polar surface area (TPSA) is 98.4 Å². The molecule has 0 unspecified atom stereocenters. The average molecular weight is 396 g/mol. The van der Waals surface area contributed by atoms with Crippen molar-refractivity contribution in [1.29, 1.82) is 0 Å². The molecule has 5 rings (SSSR count). The number of methoxy groups -OCH3 is 2. The van der Waals surface area contributed by atoms with Gasteiger partial charge >= 0.3 is 0 Å². The van der Waals surface area contributed by atoms with Crippen LogP contribution in [-0.4, -0.2) is 30.0 Å². The first-order valence-corrected chi connectivity index (χ1v) is 9.26. The van der Waals surface area contributed by atoms with Crippen molar-refractivity contribution in [3.8, 4) is 40.1 Å². The minimum absolute atomic E-state index is 0.0120. The Balaban J connectivity index is 1.93. The molecule has 2 N–H and O–H groups in total. The van der Waals surface area contributed by atoms with Crippen molar-refractivity contribution in [3.63, 3.8) is 0 Å². The Bertz CT molecular complexity index is 1250. The third kappa shape index (κ3) is 2.21. The first kappa shape index (κ1) is 17.7. The summed E-state index contributed by atoms with van der Waals surface area (Å²) in [5, 5.41) is 21.0. The van der Waals surface area contributed by atoms with Crippen LogP contribution in [-0.2, 0) is 6.42 Å². The maximum Gasteiger partial charge on any atom is 0.200 e. The van der Waals surface area contributed by atoms with Crippen molar-refractivity contribution >= 4 is 11.0 Å². The summed E-state index contributed by atoms with van der Waals surface area (Å²) in [4.78, 5) is 13.4. The fourth-order valence-electron chi connectivity index (χ4n) is 4.53. The Morgan fingerprint density at radius 2 is 1.86 bits per heavy atom. The fourth-order valence-corrected chi connectivity index (χ4v) is 4.53. The molecule has 150 valence electrons. The SMILES string of the molecule is COc1cc(O)c2c(=O)c3c(oc2c1)-c1c(OC)cc(O)c2c1[C@@H](C3)C(C)(C)O2. The highest BCUT2D eigenvalue weighted by Gasteiger charge is 2.49. The Labute approximate surface area is 166 Å². The largest absolute Gasteiger partial charge is 0.507 e. The first-order chi connectivity index (χ1) is 13.8. The molecule has 7 nitrogen and oxygen atoms in total. The molecule has 0 spiro atoms. The summed E-state index contributed by atoms with van der Waals surface area (Å²) in [6, 6.07) is 4.42. The van der Waals surface area contributed by atoms with E-state index in [0.29, 0.717) is 40.6 Å². The van der Waals surface area contributed by atoms with E-state index in [4.69, 9.17) is 18.6 Å². The number of phenolic OH excluding ortho intramolecular Hbond substituents is 2. The van der Waals surface area contributed by atoms with E-state index in [0.717, 1.165) is 5.56 Å². The molecule has 29 heavy (non-hydrogen) atoms. The molecule has 2 aromatic carbocycles. The monoisotopic (exact) mass is 396 g/mol. The fraction of sp³-hybridized carbons (Fsp3) is 0.318. The minimum Gasteiger partial charge on any atom is -0.507 e. The van der Waals surface area contributed by atoms with Gasteiger partial charge < -0.3 is 28.8 Å². The van der Waals surface area contributed by atoms with E-state index >= 15 is 0 Å². The summed E-state index contributed by atoms with van der Waals surface area (Å²) in [6.07, 6.45) is 0.360. The van der Waals surface area contributed by atoms with Crippen molar-refractivity contribution in [1.82, 2.24) is 0 Å². The second-order valence-electron chi connectivity index (χ2n) is 7.94. The molecular formula is C22H20O7. The van der Waals surface area contributed by atoms with Crippen LogP contribution in [0.4, 0.5) is 0 Å². The molecule has 1 atom stereocenters. The lowest BCUT2D eigenvalue weighted by Crippen LogP contribution is -2.34. The zero-order valence-corrected chi connectivity index (χ0v) is 16.5. The number of rotatable bonds is 2. The Morgan fingerprint density at radius 1 is 1.10 bits per heavy atom. The number of fused-ring (bicyclic) bond motifs is 3. The molecule has 1 aliphatic carbocycles. The van der Waals surface area contributed by atoms with Gasteiger partial charge in [0, 0.05) is 35.2 Å². The highest BCUT2D eigenvalue weighted by Crippen LogP contribution is 2.59. The van der Waals surface area contributed by atoms with E-state index in [2.05, 4.69) is 0 Å². The number of hydrogen-bond donors (Lipinski definition) is 2. The standard InChI is InChI=1S/C22H20O7/c1-22(2)11-7-10-19(25)17-12(23)5-9(26-3)6-15(17)28-20(10)18-14(27-4)8-13(24)21(29-22)16(11)18/h5-6,8,11,23-24H,7H2,1-4H3/t11-/m1/s1. The molecule has 3 aromatic rings. The van der Waals surface area contributed by atoms with Gasteiger partial charge in [0.05, 0.1) is 19.8 Å². The second-order valence-corrected chi connectivity index (χ2v) is 7.94. The molecule has 2 heterocycles. The van der Waals surface area contributed by atoms with Crippen molar-refractivity contribution in [2.24, 2.45) is 0 Å². The van der Waals surface area contributed by atoms with Gasteiger partial charge in [0.2, 0.25) is 0 Å². The number of ether oxygens (including phenoxy) is 3. The molecule has 0 fully saturated rings. The lowest BCUT2D eigenvalue weighted by molar-refractivity contribution is 0.106. The smallest absolute Gasteiger partial charge is 0.200 e. The quantitative estimate of drug-likeness (QED) is 0.681. The van der Waals surface area contributed by atoms with Crippen LogP contribution >= 0.6 is 0 Å². The summed E-state index contributed by atoms with van der Waals surface area (Å²) in [5.41, 5.74) is 1.09. The van der Waals surface area contributed by atoms with Gasteiger partial charge in [-0.05, 0) is 20.3 Å². The van der Waals surface area contributed by atoms with Crippen molar-refractivity contribution in [2.75, 3.05) is 14.2 Å². The summed E-state index contributed by atoms with van der Waals surface area (Å²) >= 11 is 0. The molecule has 0 saturated carbocycles. The Kier molecular flexibility index (Phi) is 3.42. The normalized spacial score (nSPS) is 18.1. The van der Waals surface area contributed by atoms with E-state index in [1.54, 1.807) is 6.07 Å². The van der Waals surface area contributed by atoms with Crippen LogP contribution in [0, 0.1) is 0 Å². The first-order valence-electron chi connectivity index (χ1n) is 9.26. The highest BCUT2D eigenvalue weighted by atomic mass is 16.5. The second kappa shape index (κ2) is 5.59. The van der Waals surface area contributed by atoms with Crippen LogP contribution in [0.15, 0.2) is 27.4 Å². The summed E-state index contributed by atoms with van der Waals surface area (Å²) in [5.74, 6) is 1.13. The van der Waals surface area contributed by atoms with Crippen LogP contribution in [0.3, 0.4) is 0 Å². The molecule has 7 heteroatoms. The van der Waals surface area contributed by atoms with Gasteiger partial charge in [-0.3, -0.25) is 4.79 Å². The lowest BCUT2D eigenvalue weighted by Gasteiger charge is -2.30. The number of phenols is 2. The third-order valence-corrected chi connectivity index (χ3v) is 5.95. The van der Waals surface area contributed by atoms with Crippen molar-refractivity contribution < 1.29 is 28.8 Å². The molecule has 0 amide bonds. The lowest BCUT2D eigenvalue weighted by atomic mass is 9.75. The average Bonchev–Trinajstić information content (AvgIpc) is 2.95. The highest BCUT2D eigenvalue weighted by molar-refractivity contribution is 5.90.